The van der Waals surface area contributed by atoms with Crippen LogP contribution >= 0.6 is 0 Å². The first-order chi connectivity index (χ1) is 10.2. The van der Waals surface area contributed by atoms with E-state index in [-0.39, 0.29) is 5.60 Å². The molecule has 3 fully saturated rings. The molecule has 3 aliphatic rings. The van der Waals surface area contributed by atoms with Gasteiger partial charge in [0, 0.05) is 32.4 Å². The number of ether oxygens (including phenoxy) is 2. The van der Waals surface area contributed by atoms with Crippen LogP contribution in [0.15, 0.2) is 0 Å². The second-order valence-electron chi connectivity index (χ2n) is 7.35. The molecule has 2 saturated heterocycles. The van der Waals surface area contributed by atoms with Crippen molar-refractivity contribution in [2.75, 3.05) is 26.4 Å². The van der Waals surface area contributed by atoms with E-state index in [1.165, 1.54) is 25.7 Å². The second kappa shape index (κ2) is 6.95. The SMILES string of the molecule is OC1(CNC2CCOC3(CCOCC3)C2)CCCCCC1. The minimum absolute atomic E-state index is 0.0419. The molecule has 2 N–H and O–H groups in total. The third kappa shape index (κ3) is 4.19. The summed E-state index contributed by atoms with van der Waals surface area (Å²) in [6.45, 7) is 3.26. The van der Waals surface area contributed by atoms with Crippen LogP contribution in [-0.4, -0.2) is 48.7 Å². The van der Waals surface area contributed by atoms with E-state index in [4.69, 9.17) is 9.47 Å². The third-order valence-corrected chi connectivity index (χ3v) is 5.65. The standard InChI is InChI=1S/C17H31NO3/c19-16(6-3-1-2-4-7-16)14-18-15-5-10-21-17(13-15)8-11-20-12-9-17/h15,18-19H,1-14H2. The summed E-state index contributed by atoms with van der Waals surface area (Å²) in [6, 6.07) is 0.490. The fraction of sp³-hybridized carbons (Fsp3) is 1.00. The van der Waals surface area contributed by atoms with Gasteiger partial charge >= 0.3 is 0 Å². The van der Waals surface area contributed by atoms with Crippen molar-refractivity contribution in [3.8, 4) is 0 Å². The summed E-state index contributed by atoms with van der Waals surface area (Å²) in [4.78, 5) is 0. The molecule has 2 heterocycles. The molecule has 1 saturated carbocycles. The summed E-state index contributed by atoms with van der Waals surface area (Å²) in [5.74, 6) is 0. The first kappa shape index (κ1) is 15.7. The Labute approximate surface area is 128 Å². The van der Waals surface area contributed by atoms with Crippen molar-refractivity contribution >= 4 is 0 Å². The smallest absolute Gasteiger partial charge is 0.0771 e. The number of hydrogen-bond donors (Lipinski definition) is 2. The number of hydrogen-bond acceptors (Lipinski definition) is 4. The van der Waals surface area contributed by atoms with Crippen LogP contribution in [0.4, 0.5) is 0 Å². The maximum Gasteiger partial charge on any atom is 0.0771 e. The fourth-order valence-electron chi connectivity index (χ4n) is 4.19. The molecule has 122 valence electrons. The molecule has 0 bridgehead atoms. The summed E-state index contributed by atoms with van der Waals surface area (Å²) in [7, 11) is 0. The van der Waals surface area contributed by atoms with E-state index < -0.39 is 5.60 Å². The molecule has 0 aromatic heterocycles. The minimum Gasteiger partial charge on any atom is -0.389 e. The van der Waals surface area contributed by atoms with Crippen LogP contribution in [0.5, 0.6) is 0 Å². The van der Waals surface area contributed by atoms with Crippen molar-refractivity contribution in [2.45, 2.75) is 81.5 Å². The van der Waals surface area contributed by atoms with Gasteiger partial charge in [0.1, 0.15) is 0 Å². The first-order valence-electron chi connectivity index (χ1n) is 8.87. The van der Waals surface area contributed by atoms with Gasteiger partial charge in [0.15, 0.2) is 0 Å². The monoisotopic (exact) mass is 297 g/mol. The Morgan fingerprint density at radius 1 is 0.952 bits per heavy atom. The lowest BCUT2D eigenvalue weighted by atomic mass is 9.83. The van der Waals surface area contributed by atoms with Crippen molar-refractivity contribution in [1.29, 1.82) is 0 Å². The van der Waals surface area contributed by atoms with E-state index in [2.05, 4.69) is 5.32 Å². The van der Waals surface area contributed by atoms with Crippen molar-refractivity contribution < 1.29 is 14.6 Å². The van der Waals surface area contributed by atoms with Gasteiger partial charge in [-0.15, -0.1) is 0 Å². The molecule has 2 aliphatic heterocycles. The Bertz CT molecular complexity index is 314. The van der Waals surface area contributed by atoms with E-state index in [9.17, 15) is 5.11 Å². The molecule has 4 nitrogen and oxygen atoms in total. The lowest BCUT2D eigenvalue weighted by Gasteiger charge is -2.44. The Morgan fingerprint density at radius 3 is 2.38 bits per heavy atom. The van der Waals surface area contributed by atoms with Crippen molar-refractivity contribution in [3.05, 3.63) is 0 Å². The van der Waals surface area contributed by atoms with Gasteiger partial charge in [0.25, 0.3) is 0 Å². The summed E-state index contributed by atoms with van der Waals surface area (Å²) < 4.78 is 11.6. The average molecular weight is 297 g/mol. The molecule has 0 aromatic carbocycles. The molecule has 0 amide bonds. The van der Waals surface area contributed by atoms with E-state index >= 15 is 0 Å². The summed E-state index contributed by atoms with van der Waals surface area (Å²) in [5, 5.41) is 14.4. The second-order valence-corrected chi connectivity index (χ2v) is 7.35. The lowest BCUT2D eigenvalue weighted by molar-refractivity contribution is -0.141. The van der Waals surface area contributed by atoms with Crippen LogP contribution in [-0.2, 0) is 9.47 Å². The van der Waals surface area contributed by atoms with E-state index in [1.54, 1.807) is 0 Å². The van der Waals surface area contributed by atoms with Gasteiger partial charge in [0.2, 0.25) is 0 Å². The van der Waals surface area contributed by atoms with Gasteiger partial charge in [0.05, 0.1) is 11.2 Å². The molecule has 1 unspecified atom stereocenters. The molecule has 1 atom stereocenters. The van der Waals surface area contributed by atoms with Gasteiger partial charge in [-0.2, -0.15) is 0 Å². The zero-order valence-electron chi connectivity index (χ0n) is 13.2. The molecular weight excluding hydrogens is 266 g/mol. The third-order valence-electron chi connectivity index (χ3n) is 5.65. The van der Waals surface area contributed by atoms with Gasteiger partial charge in [-0.05, 0) is 38.5 Å². The van der Waals surface area contributed by atoms with E-state index in [0.717, 1.165) is 64.9 Å². The molecule has 1 spiro atoms. The van der Waals surface area contributed by atoms with Crippen LogP contribution in [0.2, 0.25) is 0 Å². The minimum atomic E-state index is -0.475. The van der Waals surface area contributed by atoms with Gasteiger partial charge < -0.3 is 19.9 Å². The number of nitrogens with one attached hydrogen (secondary N) is 1. The lowest BCUT2D eigenvalue weighted by Crippen LogP contribution is -2.52. The zero-order valence-corrected chi connectivity index (χ0v) is 13.2. The van der Waals surface area contributed by atoms with Gasteiger partial charge in [-0.1, -0.05) is 25.7 Å². The van der Waals surface area contributed by atoms with Crippen LogP contribution < -0.4 is 5.32 Å². The van der Waals surface area contributed by atoms with Crippen LogP contribution in [0.1, 0.15) is 64.2 Å². The maximum absolute atomic E-state index is 10.8. The summed E-state index contributed by atoms with van der Waals surface area (Å²) in [5.41, 5.74) is -0.433. The molecule has 4 heteroatoms. The number of aliphatic hydroxyl groups is 1. The highest BCUT2D eigenvalue weighted by Gasteiger charge is 2.39. The van der Waals surface area contributed by atoms with E-state index in [0.29, 0.717) is 6.04 Å². The van der Waals surface area contributed by atoms with E-state index in [1.807, 2.05) is 0 Å². The molecule has 0 aromatic rings. The van der Waals surface area contributed by atoms with Crippen molar-refractivity contribution in [1.82, 2.24) is 5.32 Å². The van der Waals surface area contributed by atoms with Crippen LogP contribution in [0.3, 0.4) is 0 Å². The Morgan fingerprint density at radius 2 is 1.67 bits per heavy atom. The molecular formula is C17H31NO3. The first-order valence-corrected chi connectivity index (χ1v) is 8.87. The van der Waals surface area contributed by atoms with Crippen LogP contribution in [0.25, 0.3) is 0 Å². The highest BCUT2D eigenvalue weighted by Crippen LogP contribution is 2.34. The maximum atomic E-state index is 10.8. The highest BCUT2D eigenvalue weighted by atomic mass is 16.5. The largest absolute Gasteiger partial charge is 0.389 e. The van der Waals surface area contributed by atoms with Crippen molar-refractivity contribution in [3.63, 3.8) is 0 Å². The number of rotatable bonds is 3. The predicted molar refractivity (Wildman–Crippen MR) is 82.4 cm³/mol. The molecule has 0 radical (unpaired) electrons. The van der Waals surface area contributed by atoms with Gasteiger partial charge in [-0.3, -0.25) is 0 Å². The zero-order chi connectivity index (χ0) is 14.6. The quantitative estimate of drug-likeness (QED) is 0.785. The Balaban J connectivity index is 1.50. The Hall–Kier alpha value is -0.160. The van der Waals surface area contributed by atoms with Gasteiger partial charge in [-0.25, -0.2) is 0 Å². The molecule has 3 rings (SSSR count). The van der Waals surface area contributed by atoms with Crippen molar-refractivity contribution in [2.24, 2.45) is 0 Å². The normalized spacial score (nSPS) is 32.7. The fourth-order valence-corrected chi connectivity index (χ4v) is 4.19. The van der Waals surface area contributed by atoms with Crippen LogP contribution in [0, 0.1) is 0 Å². The Kier molecular flexibility index (Phi) is 5.20. The molecule has 21 heavy (non-hydrogen) atoms. The average Bonchev–Trinajstić information content (AvgIpc) is 2.72. The predicted octanol–water partition coefficient (Wildman–Crippen LogP) is 2.39. The topological polar surface area (TPSA) is 50.7 Å². The highest BCUT2D eigenvalue weighted by molar-refractivity contribution is 4.93. The summed E-state index contributed by atoms with van der Waals surface area (Å²) >= 11 is 0. The summed E-state index contributed by atoms with van der Waals surface area (Å²) in [6.07, 6.45) is 11.0. The molecule has 1 aliphatic carbocycles.